The van der Waals surface area contributed by atoms with Crippen LogP contribution >= 0.6 is 12.2 Å². The molecule has 0 atom stereocenters. The Kier molecular flexibility index (Phi) is 7.07. The van der Waals surface area contributed by atoms with E-state index in [0.717, 1.165) is 0 Å². The van der Waals surface area contributed by atoms with Gasteiger partial charge in [0.15, 0.2) is 0 Å². The van der Waals surface area contributed by atoms with Gasteiger partial charge in [-0.25, -0.2) is 9.49 Å². The normalized spacial score (nSPS) is 11.8. The number of nitrogens with one attached hydrogen (secondary N) is 2. The highest BCUT2D eigenvalue weighted by molar-refractivity contribution is 7.71. The Hall–Kier alpha value is -3.08. The minimum Gasteiger partial charge on any atom is -0.460 e. The standard InChI is InChI=1S/C21H26FN5O4S/c1-21(2,3)31-17(29)7-4-6-16(28)23-10-5-11-26-18(30)14-12-13(22)8-9-15(14)27-19(26)24-25-20(27)32/h8-9,12H,4-7,10-11H2,1-3H3,(H,23,28)(H,25,32). The van der Waals surface area contributed by atoms with Crippen molar-refractivity contribution in [2.75, 3.05) is 6.54 Å². The Morgan fingerprint density at radius 3 is 2.72 bits per heavy atom. The first-order chi connectivity index (χ1) is 15.1. The molecule has 2 N–H and O–H groups in total. The predicted molar refractivity (Wildman–Crippen MR) is 119 cm³/mol. The molecule has 0 unspecified atom stereocenters. The van der Waals surface area contributed by atoms with Gasteiger partial charge in [-0.1, -0.05) is 0 Å². The average molecular weight is 464 g/mol. The molecule has 172 valence electrons. The number of esters is 1. The second-order valence-electron chi connectivity index (χ2n) is 8.43. The molecule has 0 fully saturated rings. The third-order valence-electron chi connectivity index (χ3n) is 4.66. The van der Waals surface area contributed by atoms with Gasteiger partial charge in [0.2, 0.25) is 16.5 Å². The summed E-state index contributed by atoms with van der Waals surface area (Å²) in [6, 6.07) is 3.93. The van der Waals surface area contributed by atoms with E-state index < -0.39 is 11.4 Å². The quantitative estimate of drug-likeness (QED) is 0.302. The minimum absolute atomic E-state index is 0.172. The summed E-state index contributed by atoms with van der Waals surface area (Å²) in [5.74, 6) is -0.718. The summed E-state index contributed by atoms with van der Waals surface area (Å²) in [7, 11) is 0. The van der Waals surface area contributed by atoms with Crippen molar-refractivity contribution in [2.45, 2.75) is 58.6 Å². The SMILES string of the molecule is CC(C)(C)OC(=O)CCCC(=O)NCCCn1c(=O)c2cc(F)ccc2n2c(=S)[nH]nc12. The Morgan fingerprint density at radius 2 is 2.00 bits per heavy atom. The van der Waals surface area contributed by atoms with Gasteiger partial charge in [-0.05, 0) is 64.0 Å². The third-order valence-corrected chi connectivity index (χ3v) is 4.93. The van der Waals surface area contributed by atoms with E-state index in [4.69, 9.17) is 17.0 Å². The van der Waals surface area contributed by atoms with Crippen LogP contribution in [0.2, 0.25) is 0 Å². The monoisotopic (exact) mass is 463 g/mol. The molecule has 0 spiro atoms. The lowest BCUT2D eigenvalue weighted by atomic mass is 10.2. The molecule has 0 aliphatic carbocycles. The number of benzene rings is 1. The van der Waals surface area contributed by atoms with Crippen LogP contribution in [0.4, 0.5) is 4.39 Å². The molecule has 2 aromatic heterocycles. The van der Waals surface area contributed by atoms with Gasteiger partial charge in [0.05, 0.1) is 10.9 Å². The van der Waals surface area contributed by atoms with Crippen LogP contribution in [0.15, 0.2) is 23.0 Å². The molecular weight excluding hydrogens is 437 g/mol. The molecule has 0 aliphatic heterocycles. The van der Waals surface area contributed by atoms with E-state index in [1.54, 1.807) is 25.2 Å². The smallest absolute Gasteiger partial charge is 0.306 e. The summed E-state index contributed by atoms with van der Waals surface area (Å²) in [5, 5.41) is 9.76. The fourth-order valence-electron chi connectivity index (χ4n) is 3.34. The van der Waals surface area contributed by atoms with E-state index in [9.17, 15) is 18.8 Å². The van der Waals surface area contributed by atoms with E-state index in [-0.39, 0.29) is 42.2 Å². The van der Waals surface area contributed by atoms with E-state index >= 15 is 0 Å². The molecule has 2 heterocycles. The number of rotatable bonds is 8. The topological polar surface area (TPSA) is 110 Å². The largest absolute Gasteiger partial charge is 0.460 e. The van der Waals surface area contributed by atoms with E-state index in [1.165, 1.54) is 22.8 Å². The Morgan fingerprint density at radius 1 is 1.25 bits per heavy atom. The average Bonchev–Trinajstić information content (AvgIpc) is 3.07. The van der Waals surface area contributed by atoms with Crippen LogP contribution in [0.5, 0.6) is 0 Å². The number of hydrogen-bond donors (Lipinski definition) is 2. The summed E-state index contributed by atoms with van der Waals surface area (Å²) in [4.78, 5) is 36.6. The second kappa shape index (κ2) is 9.60. The maximum absolute atomic E-state index is 13.7. The van der Waals surface area contributed by atoms with Crippen molar-refractivity contribution in [3.8, 4) is 0 Å². The molecule has 0 radical (unpaired) electrons. The highest BCUT2D eigenvalue weighted by Gasteiger charge is 2.16. The molecule has 0 saturated carbocycles. The highest BCUT2D eigenvalue weighted by Crippen LogP contribution is 2.15. The summed E-state index contributed by atoms with van der Waals surface area (Å²) >= 11 is 5.25. The number of fused-ring (bicyclic) bond motifs is 3. The van der Waals surface area contributed by atoms with Gasteiger partial charge in [0, 0.05) is 25.9 Å². The number of carbonyl (C=O) groups excluding carboxylic acids is 2. The van der Waals surface area contributed by atoms with Crippen molar-refractivity contribution in [1.29, 1.82) is 0 Å². The van der Waals surface area contributed by atoms with Gasteiger partial charge >= 0.3 is 5.97 Å². The fraction of sp³-hybridized carbons (Fsp3) is 0.476. The Balaban J connectivity index is 1.58. The predicted octanol–water partition coefficient (Wildman–Crippen LogP) is 2.86. The lowest BCUT2D eigenvalue weighted by molar-refractivity contribution is -0.154. The van der Waals surface area contributed by atoms with E-state index in [0.29, 0.717) is 35.5 Å². The molecule has 1 aromatic carbocycles. The van der Waals surface area contributed by atoms with Crippen molar-refractivity contribution in [2.24, 2.45) is 0 Å². The number of carbonyl (C=O) groups is 2. The number of ether oxygens (including phenoxy) is 1. The van der Waals surface area contributed by atoms with Crippen LogP contribution < -0.4 is 10.9 Å². The number of halogens is 1. The first kappa shape index (κ1) is 23.6. The Labute approximate surface area is 188 Å². The lowest BCUT2D eigenvalue weighted by Gasteiger charge is -2.19. The third kappa shape index (κ3) is 5.58. The van der Waals surface area contributed by atoms with Crippen LogP contribution in [-0.4, -0.2) is 43.2 Å². The zero-order chi connectivity index (χ0) is 23.5. The highest BCUT2D eigenvalue weighted by atomic mass is 32.1. The first-order valence-electron chi connectivity index (χ1n) is 10.3. The zero-order valence-corrected chi connectivity index (χ0v) is 19.1. The summed E-state index contributed by atoms with van der Waals surface area (Å²) in [6.07, 6.45) is 1.22. The fourth-order valence-corrected chi connectivity index (χ4v) is 3.56. The summed E-state index contributed by atoms with van der Waals surface area (Å²) in [5.41, 5.74) is -0.458. The lowest BCUT2D eigenvalue weighted by Crippen LogP contribution is -2.28. The first-order valence-corrected chi connectivity index (χ1v) is 10.8. The van der Waals surface area contributed by atoms with Gasteiger partial charge in [-0.15, -0.1) is 5.10 Å². The maximum Gasteiger partial charge on any atom is 0.306 e. The van der Waals surface area contributed by atoms with Crippen molar-refractivity contribution < 1.29 is 18.7 Å². The molecule has 0 bridgehead atoms. The number of aromatic amines is 1. The summed E-state index contributed by atoms with van der Waals surface area (Å²) < 4.78 is 22.2. The zero-order valence-electron chi connectivity index (χ0n) is 18.2. The summed E-state index contributed by atoms with van der Waals surface area (Å²) in [6.45, 7) is 5.96. The van der Waals surface area contributed by atoms with E-state index in [1.807, 2.05) is 0 Å². The van der Waals surface area contributed by atoms with Crippen molar-refractivity contribution in [3.05, 3.63) is 39.1 Å². The van der Waals surface area contributed by atoms with Crippen molar-refractivity contribution >= 4 is 40.8 Å². The molecular formula is C21H26FN5O4S. The van der Waals surface area contributed by atoms with Crippen LogP contribution in [0.1, 0.15) is 46.5 Å². The molecule has 1 amide bonds. The minimum atomic E-state index is -0.546. The second-order valence-corrected chi connectivity index (χ2v) is 8.81. The number of hydrogen-bond acceptors (Lipinski definition) is 6. The van der Waals surface area contributed by atoms with Gasteiger partial charge in [0.25, 0.3) is 5.56 Å². The molecule has 9 nitrogen and oxygen atoms in total. The number of aromatic nitrogens is 4. The molecule has 11 heteroatoms. The van der Waals surface area contributed by atoms with E-state index in [2.05, 4.69) is 15.5 Å². The molecule has 32 heavy (non-hydrogen) atoms. The molecule has 0 aliphatic rings. The van der Waals surface area contributed by atoms with Crippen LogP contribution in [0.3, 0.4) is 0 Å². The maximum atomic E-state index is 13.7. The van der Waals surface area contributed by atoms with Gasteiger partial charge < -0.3 is 10.1 Å². The van der Waals surface area contributed by atoms with Crippen LogP contribution in [0.25, 0.3) is 16.7 Å². The molecule has 3 rings (SSSR count). The molecule has 3 aromatic rings. The van der Waals surface area contributed by atoms with Crippen LogP contribution in [0, 0.1) is 10.6 Å². The van der Waals surface area contributed by atoms with Crippen molar-refractivity contribution in [1.82, 2.24) is 24.5 Å². The van der Waals surface area contributed by atoms with Crippen molar-refractivity contribution in [3.63, 3.8) is 0 Å². The number of nitrogens with zero attached hydrogens (tertiary/aromatic N) is 3. The Bertz CT molecular complexity index is 1270. The van der Waals surface area contributed by atoms with Gasteiger partial charge in [0.1, 0.15) is 11.4 Å². The number of aryl methyl sites for hydroxylation is 1. The number of H-pyrrole nitrogens is 1. The van der Waals surface area contributed by atoms with Crippen LogP contribution in [-0.2, 0) is 20.9 Å². The number of amides is 1. The van der Waals surface area contributed by atoms with Gasteiger partial charge in [-0.3, -0.25) is 23.4 Å². The van der Waals surface area contributed by atoms with Gasteiger partial charge in [-0.2, -0.15) is 0 Å². The molecule has 0 saturated heterocycles.